The number of aromatic nitrogens is 2. The molecular formula is C9H14N2S. The largest absolute Gasteiger partial charge is 0.347 e. The van der Waals surface area contributed by atoms with E-state index in [0.29, 0.717) is 4.64 Å². The van der Waals surface area contributed by atoms with E-state index in [9.17, 15) is 0 Å². The zero-order valence-electron chi connectivity index (χ0n) is 7.55. The zero-order valence-corrected chi connectivity index (χ0v) is 8.37. The number of hydrogen-bond donors (Lipinski definition) is 1. The van der Waals surface area contributed by atoms with E-state index in [4.69, 9.17) is 12.2 Å². The highest BCUT2D eigenvalue weighted by Crippen LogP contribution is 2.00. The summed E-state index contributed by atoms with van der Waals surface area (Å²) >= 11 is 5.04. The van der Waals surface area contributed by atoms with Gasteiger partial charge in [0.15, 0.2) is 0 Å². The Morgan fingerprint density at radius 1 is 1.50 bits per heavy atom. The van der Waals surface area contributed by atoms with Gasteiger partial charge in [-0.15, -0.1) is 0 Å². The second-order valence-corrected chi connectivity index (χ2v) is 3.21. The maximum atomic E-state index is 5.04. The van der Waals surface area contributed by atoms with Crippen molar-refractivity contribution in [3.63, 3.8) is 0 Å². The van der Waals surface area contributed by atoms with Crippen LogP contribution < -0.4 is 0 Å². The Bertz CT molecular complexity index is 304. The number of aromatic amines is 1. The van der Waals surface area contributed by atoms with Gasteiger partial charge in [0.05, 0.1) is 0 Å². The van der Waals surface area contributed by atoms with Crippen molar-refractivity contribution in [2.24, 2.45) is 0 Å². The van der Waals surface area contributed by atoms with Gasteiger partial charge in [-0.1, -0.05) is 26.1 Å². The fraction of sp³-hybridized carbons (Fsp3) is 0.556. The molecule has 0 atom stereocenters. The maximum absolute atomic E-state index is 5.04. The van der Waals surface area contributed by atoms with Gasteiger partial charge in [-0.2, -0.15) is 0 Å². The summed E-state index contributed by atoms with van der Waals surface area (Å²) in [5.74, 6) is 1.02. The third kappa shape index (κ3) is 2.41. The summed E-state index contributed by atoms with van der Waals surface area (Å²) in [6, 6.07) is 1.93. The minimum absolute atomic E-state index is 0.703. The van der Waals surface area contributed by atoms with E-state index in [1.165, 1.54) is 5.69 Å². The first-order valence-corrected chi connectivity index (χ1v) is 4.76. The predicted molar refractivity (Wildman–Crippen MR) is 52.8 cm³/mol. The molecule has 1 rings (SSSR count). The smallest absolute Gasteiger partial charge is 0.129 e. The van der Waals surface area contributed by atoms with Gasteiger partial charge in [-0.3, -0.25) is 0 Å². The van der Waals surface area contributed by atoms with E-state index in [1.54, 1.807) is 0 Å². The number of hydrogen-bond acceptors (Lipinski definition) is 2. The van der Waals surface area contributed by atoms with Crippen molar-refractivity contribution >= 4 is 12.2 Å². The molecule has 3 heteroatoms. The molecule has 0 saturated carbocycles. The highest BCUT2D eigenvalue weighted by Gasteiger charge is 1.95. The van der Waals surface area contributed by atoms with Crippen LogP contribution in [0, 0.1) is 4.64 Å². The highest BCUT2D eigenvalue weighted by atomic mass is 32.1. The van der Waals surface area contributed by atoms with Crippen LogP contribution in [-0.2, 0) is 12.8 Å². The Labute approximate surface area is 78.1 Å². The van der Waals surface area contributed by atoms with Crippen LogP contribution in [0.1, 0.15) is 31.8 Å². The van der Waals surface area contributed by atoms with Gasteiger partial charge < -0.3 is 4.98 Å². The molecule has 1 N–H and O–H groups in total. The summed E-state index contributed by atoms with van der Waals surface area (Å²) in [5, 5.41) is 0. The van der Waals surface area contributed by atoms with Crippen LogP contribution in [0.15, 0.2) is 6.07 Å². The lowest BCUT2D eigenvalue weighted by Gasteiger charge is -2.01. The number of rotatable bonds is 3. The molecule has 0 bridgehead atoms. The molecule has 0 spiro atoms. The lowest BCUT2D eigenvalue weighted by molar-refractivity contribution is 0.810. The molecule has 12 heavy (non-hydrogen) atoms. The van der Waals surface area contributed by atoms with Gasteiger partial charge in [0, 0.05) is 12.1 Å². The van der Waals surface area contributed by atoms with Gasteiger partial charge in [-0.25, -0.2) is 4.98 Å². The summed E-state index contributed by atoms with van der Waals surface area (Å²) in [4.78, 5) is 7.49. The van der Waals surface area contributed by atoms with E-state index in [-0.39, 0.29) is 0 Å². The first-order chi connectivity index (χ1) is 5.76. The van der Waals surface area contributed by atoms with E-state index in [0.717, 1.165) is 25.1 Å². The molecule has 1 heterocycles. The normalized spacial score (nSPS) is 10.2. The van der Waals surface area contributed by atoms with Gasteiger partial charge in [0.25, 0.3) is 0 Å². The van der Waals surface area contributed by atoms with Crippen LogP contribution in [0.25, 0.3) is 0 Å². The van der Waals surface area contributed by atoms with Crippen LogP contribution in [0.2, 0.25) is 0 Å². The van der Waals surface area contributed by atoms with Crippen molar-refractivity contribution in [3.05, 3.63) is 22.2 Å². The van der Waals surface area contributed by atoms with Gasteiger partial charge in [0.1, 0.15) is 10.5 Å². The fourth-order valence-electron chi connectivity index (χ4n) is 1.11. The molecular weight excluding hydrogens is 168 g/mol. The van der Waals surface area contributed by atoms with Crippen molar-refractivity contribution in [2.45, 2.75) is 33.1 Å². The molecule has 0 fully saturated rings. The molecule has 1 aromatic heterocycles. The van der Waals surface area contributed by atoms with Crippen molar-refractivity contribution in [1.29, 1.82) is 0 Å². The summed E-state index contributed by atoms with van der Waals surface area (Å²) in [6.45, 7) is 4.24. The summed E-state index contributed by atoms with van der Waals surface area (Å²) in [5.41, 5.74) is 1.18. The second-order valence-electron chi connectivity index (χ2n) is 2.79. The zero-order chi connectivity index (χ0) is 8.97. The number of nitrogens with zero attached hydrogens (tertiary/aromatic N) is 1. The van der Waals surface area contributed by atoms with Gasteiger partial charge in [0.2, 0.25) is 0 Å². The first kappa shape index (κ1) is 9.39. The summed E-state index contributed by atoms with van der Waals surface area (Å²) in [7, 11) is 0. The summed E-state index contributed by atoms with van der Waals surface area (Å²) < 4.78 is 0.703. The number of H-pyrrole nitrogens is 1. The molecule has 66 valence electrons. The van der Waals surface area contributed by atoms with Gasteiger partial charge in [-0.05, 0) is 18.9 Å². The Hall–Kier alpha value is -0.700. The lowest BCUT2D eigenvalue weighted by atomic mass is 10.3. The molecule has 0 aliphatic carbocycles. The molecule has 0 unspecified atom stereocenters. The van der Waals surface area contributed by atoms with Crippen LogP contribution >= 0.6 is 12.2 Å². The van der Waals surface area contributed by atoms with E-state index >= 15 is 0 Å². The molecule has 0 aromatic carbocycles. The molecule has 0 aliphatic rings. The van der Waals surface area contributed by atoms with Gasteiger partial charge >= 0.3 is 0 Å². The van der Waals surface area contributed by atoms with Crippen LogP contribution in [0.3, 0.4) is 0 Å². The molecule has 0 aliphatic heterocycles. The minimum Gasteiger partial charge on any atom is -0.347 e. The van der Waals surface area contributed by atoms with Crippen LogP contribution in [0.4, 0.5) is 0 Å². The minimum atomic E-state index is 0.703. The Morgan fingerprint density at radius 2 is 2.25 bits per heavy atom. The van der Waals surface area contributed by atoms with Crippen molar-refractivity contribution in [3.8, 4) is 0 Å². The standard InChI is InChI=1S/C9H14N2S/c1-3-5-8-10-7(4-2)6-9(12)11-8/h6H,3-5H2,1-2H3,(H,10,11,12). The Morgan fingerprint density at radius 3 is 2.83 bits per heavy atom. The molecule has 0 saturated heterocycles. The second kappa shape index (κ2) is 4.36. The fourth-order valence-corrected chi connectivity index (χ4v) is 1.36. The lowest BCUT2D eigenvalue weighted by Crippen LogP contribution is -1.98. The molecule has 1 aromatic rings. The highest BCUT2D eigenvalue weighted by molar-refractivity contribution is 7.71. The average molecular weight is 182 g/mol. The van der Waals surface area contributed by atoms with E-state index in [1.807, 2.05) is 6.07 Å². The Balaban J connectivity index is 2.98. The maximum Gasteiger partial charge on any atom is 0.129 e. The molecule has 0 amide bonds. The number of aryl methyl sites for hydroxylation is 2. The van der Waals surface area contributed by atoms with E-state index < -0.39 is 0 Å². The molecule has 2 nitrogen and oxygen atoms in total. The SMILES string of the molecule is CCCc1nc(=S)cc(CC)[nH]1. The predicted octanol–water partition coefficient (Wildman–Crippen LogP) is 2.65. The molecule has 0 radical (unpaired) electrons. The first-order valence-electron chi connectivity index (χ1n) is 4.35. The average Bonchev–Trinajstić information content (AvgIpc) is 2.04. The van der Waals surface area contributed by atoms with E-state index in [2.05, 4.69) is 23.8 Å². The third-order valence-corrected chi connectivity index (χ3v) is 1.92. The van der Waals surface area contributed by atoms with Crippen LogP contribution in [-0.4, -0.2) is 9.97 Å². The number of nitrogens with one attached hydrogen (secondary N) is 1. The quantitative estimate of drug-likeness (QED) is 0.728. The monoisotopic (exact) mass is 182 g/mol. The van der Waals surface area contributed by atoms with Crippen LogP contribution in [0.5, 0.6) is 0 Å². The topological polar surface area (TPSA) is 28.7 Å². The third-order valence-electron chi connectivity index (χ3n) is 1.72. The van der Waals surface area contributed by atoms with Crippen molar-refractivity contribution < 1.29 is 0 Å². The Kier molecular flexibility index (Phi) is 3.41. The van der Waals surface area contributed by atoms with Crippen molar-refractivity contribution in [2.75, 3.05) is 0 Å². The van der Waals surface area contributed by atoms with Crippen molar-refractivity contribution in [1.82, 2.24) is 9.97 Å². The summed E-state index contributed by atoms with van der Waals surface area (Å²) in [6.07, 6.45) is 3.08.